The van der Waals surface area contributed by atoms with E-state index in [1.54, 1.807) is 55.6 Å². The fourth-order valence-corrected chi connectivity index (χ4v) is 2.97. The minimum Gasteiger partial charge on any atom is -0.497 e. The molecule has 0 fully saturated rings. The second kappa shape index (κ2) is 11.6. The van der Waals surface area contributed by atoms with Gasteiger partial charge in [0.25, 0.3) is 5.91 Å². The van der Waals surface area contributed by atoms with Crippen molar-refractivity contribution in [2.75, 3.05) is 25.6 Å². The fraction of sp³-hybridized carbons (Fsp3) is 0.269. The Morgan fingerprint density at radius 1 is 0.844 bits per heavy atom. The number of carbonyl (C=O) groups excluding carboxylic acids is 1. The number of methoxy groups -OCH3 is 1. The van der Waals surface area contributed by atoms with Crippen LogP contribution in [-0.2, 0) is 0 Å². The second-order valence-electron chi connectivity index (χ2n) is 7.06. The van der Waals surface area contributed by atoms with Crippen molar-refractivity contribution in [3.8, 4) is 28.7 Å². The highest BCUT2D eigenvalue weighted by atomic mass is 16.5. The van der Waals surface area contributed by atoms with Crippen molar-refractivity contribution in [3.63, 3.8) is 0 Å². The van der Waals surface area contributed by atoms with Crippen LogP contribution >= 0.6 is 0 Å². The summed E-state index contributed by atoms with van der Waals surface area (Å²) in [4.78, 5) is 12.7. The number of benzene rings is 3. The average Bonchev–Trinajstić information content (AvgIpc) is 2.81. The molecule has 0 saturated carbocycles. The third-order valence-corrected chi connectivity index (χ3v) is 4.65. The van der Waals surface area contributed by atoms with E-state index in [9.17, 15) is 4.79 Å². The number of carbonyl (C=O) groups is 1. The van der Waals surface area contributed by atoms with Crippen LogP contribution in [0.1, 0.15) is 37.0 Å². The molecule has 3 aromatic carbocycles. The number of ether oxygens (including phenoxy) is 4. The molecular weight excluding hydrogens is 406 g/mol. The van der Waals surface area contributed by atoms with Crippen LogP contribution in [0.5, 0.6) is 28.7 Å². The van der Waals surface area contributed by atoms with Crippen LogP contribution in [0.15, 0.2) is 66.7 Å². The molecule has 0 spiro atoms. The summed E-state index contributed by atoms with van der Waals surface area (Å²) in [6.45, 7) is 5.12. The van der Waals surface area contributed by atoms with Gasteiger partial charge in [0.2, 0.25) is 0 Å². The van der Waals surface area contributed by atoms with Crippen molar-refractivity contribution in [1.29, 1.82) is 0 Å². The van der Waals surface area contributed by atoms with Crippen LogP contribution < -0.4 is 24.3 Å². The van der Waals surface area contributed by atoms with E-state index >= 15 is 0 Å². The summed E-state index contributed by atoms with van der Waals surface area (Å²) in [5.74, 6) is 3.04. The topological polar surface area (TPSA) is 66.0 Å². The summed E-state index contributed by atoms with van der Waals surface area (Å²) in [5, 5.41) is 2.90. The van der Waals surface area contributed by atoms with E-state index in [0.29, 0.717) is 47.5 Å². The van der Waals surface area contributed by atoms with E-state index in [1.165, 1.54) is 0 Å². The number of amides is 1. The summed E-state index contributed by atoms with van der Waals surface area (Å²) >= 11 is 0. The lowest BCUT2D eigenvalue weighted by molar-refractivity contribution is 0.102. The fourth-order valence-electron chi connectivity index (χ4n) is 2.97. The standard InChI is InChI=1S/C26H29NO5/c1-4-6-16-31-24-15-10-19(17-25(24)30-5-2)26(28)27-20-11-13-21(14-12-20)32-23-9-7-8-22(18-23)29-3/h7-15,17-18H,4-6,16H2,1-3H3,(H,27,28). The highest BCUT2D eigenvalue weighted by Gasteiger charge is 2.12. The molecule has 0 aliphatic rings. The molecule has 0 heterocycles. The maximum Gasteiger partial charge on any atom is 0.255 e. The molecular formula is C26H29NO5. The Morgan fingerprint density at radius 3 is 2.34 bits per heavy atom. The Kier molecular flexibility index (Phi) is 8.37. The first-order valence-electron chi connectivity index (χ1n) is 10.8. The minimum atomic E-state index is -0.229. The first-order chi connectivity index (χ1) is 15.6. The van der Waals surface area contributed by atoms with Gasteiger partial charge in [-0.05, 0) is 67.9 Å². The maximum absolute atomic E-state index is 12.7. The normalized spacial score (nSPS) is 10.3. The number of hydrogen-bond donors (Lipinski definition) is 1. The van der Waals surface area contributed by atoms with Gasteiger partial charge in [-0.2, -0.15) is 0 Å². The smallest absolute Gasteiger partial charge is 0.255 e. The number of rotatable bonds is 11. The molecule has 1 amide bonds. The van der Waals surface area contributed by atoms with Crippen LogP contribution in [0.4, 0.5) is 5.69 Å². The van der Waals surface area contributed by atoms with Gasteiger partial charge in [0, 0.05) is 17.3 Å². The summed E-state index contributed by atoms with van der Waals surface area (Å²) in [6.07, 6.45) is 2.01. The van der Waals surface area contributed by atoms with E-state index in [2.05, 4.69) is 12.2 Å². The SMILES string of the molecule is CCCCOc1ccc(C(=O)Nc2ccc(Oc3cccc(OC)c3)cc2)cc1OCC. The van der Waals surface area contributed by atoms with E-state index in [4.69, 9.17) is 18.9 Å². The van der Waals surface area contributed by atoms with Gasteiger partial charge in [-0.3, -0.25) is 4.79 Å². The Hall–Kier alpha value is -3.67. The summed E-state index contributed by atoms with van der Waals surface area (Å²) in [7, 11) is 1.61. The van der Waals surface area contributed by atoms with Gasteiger partial charge in [0.05, 0.1) is 20.3 Å². The molecule has 6 nitrogen and oxygen atoms in total. The Balaban J connectivity index is 1.65. The van der Waals surface area contributed by atoms with Crippen LogP contribution in [0, 0.1) is 0 Å². The molecule has 6 heteroatoms. The lowest BCUT2D eigenvalue weighted by Gasteiger charge is -2.13. The van der Waals surface area contributed by atoms with Crippen molar-refractivity contribution >= 4 is 11.6 Å². The van der Waals surface area contributed by atoms with E-state index in [-0.39, 0.29) is 5.91 Å². The molecule has 168 valence electrons. The van der Waals surface area contributed by atoms with Gasteiger partial charge < -0.3 is 24.3 Å². The predicted octanol–water partition coefficient (Wildman–Crippen LogP) is 6.32. The van der Waals surface area contributed by atoms with Crippen molar-refractivity contribution in [1.82, 2.24) is 0 Å². The van der Waals surface area contributed by atoms with Crippen molar-refractivity contribution in [2.45, 2.75) is 26.7 Å². The lowest BCUT2D eigenvalue weighted by atomic mass is 10.1. The zero-order valence-corrected chi connectivity index (χ0v) is 18.7. The zero-order valence-electron chi connectivity index (χ0n) is 18.7. The Bertz CT molecular complexity index is 1020. The van der Waals surface area contributed by atoms with Gasteiger partial charge in [-0.15, -0.1) is 0 Å². The highest BCUT2D eigenvalue weighted by molar-refractivity contribution is 6.04. The molecule has 1 N–H and O–H groups in total. The van der Waals surface area contributed by atoms with Gasteiger partial charge in [0.1, 0.15) is 17.2 Å². The van der Waals surface area contributed by atoms with E-state index < -0.39 is 0 Å². The highest BCUT2D eigenvalue weighted by Crippen LogP contribution is 2.30. The monoisotopic (exact) mass is 435 g/mol. The van der Waals surface area contributed by atoms with Crippen molar-refractivity contribution < 1.29 is 23.7 Å². The average molecular weight is 436 g/mol. The molecule has 3 aromatic rings. The largest absolute Gasteiger partial charge is 0.497 e. The number of unbranched alkanes of at least 4 members (excludes halogenated alkanes) is 1. The summed E-state index contributed by atoms with van der Waals surface area (Å²) in [5.41, 5.74) is 1.15. The van der Waals surface area contributed by atoms with Crippen LogP contribution in [0.3, 0.4) is 0 Å². The molecule has 32 heavy (non-hydrogen) atoms. The minimum absolute atomic E-state index is 0.229. The molecule has 0 aliphatic heterocycles. The van der Waals surface area contributed by atoms with Crippen LogP contribution in [0.25, 0.3) is 0 Å². The molecule has 0 unspecified atom stereocenters. The van der Waals surface area contributed by atoms with Crippen LogP contribution in [-0.4, -0.2) is 26.2 Å². The van der Waals surface area contributed by atoms with E-state index in [0.717, 1.165) is 18.6 Å². The molecule has 0 aromatic heterocycles. The maximum atomic E-state index is 12.7. The lowest BCUT2D eigenvalue weighted by Crippen LogP contribution is -2.12. The number of nitrogens with one attached hydrogen (secondary N) is 1. The van der Waals surface area contributed by atoms with Crippen LogP contribution in [0.2, 0.25) is 0 Å². The van der Waals surface area contributed by atoms with Gasteiger partial charge in [-0.25, -0.2) is 0 Å². The van der Waals surface area contributed by atoms with Crippen molar-refractivity contribution in [2.24, 2.45) is 0 Å². The Labute approximate surface area is 189 Å². The summed E-state index contributed by atoms with van der Waals surface area (Å²) < 4.78 is 22.5. The molecule has 0 bridgehead atoms. The molecule has 0 aliphatic carbocycles. The van der Waals surface area contributed by atoms with E-state index in [1.807, 2.05) is 25.1 Å². The molecule has 0 radical (unpaired) electrons. The van der Waals surface area contributed by atoms with Crippen molar-refractivity contribution in [3.05, 3.63) is 72.3 Å². The quantitative estimate of drug-likeness (QED) is 0.357. The third kappa shape index (κ3) is 6.41. The molecule has 3 rings (SSSR count). The Morgan fingerprint density at radius 2 is 1.62 bits per heavy atom. The van der Waals surface area contributed by atoms with Gasteiger partial charge >= 0.3 is 0 Å². The number of anilines is 1. The molecule has 0 atom stereocenters. The third-order valence-electron chi connectivity index (χ3n) is 4.65. The van der Waals surface area contributed by atoms with Gasteiger partial charge in [0.15, 0.2) is 11.5 Å². The van der Waals surface area contributed by atoms with Gasteiger partial charge in [-0.1, -0.05) is 19.4 Å². The first-order valence-corrected chi connectivity index (χ1v) is 10.8. The zero-order chi connectivity index (χ0) is 22.8. The molecule has 0 saturated heterocycles. The first kappa shape index (κ1) is 23.0. The number of hydrogen-bond acceptors (Lipinski definition) is 5. The second-order valence-corrected chi connectivity index (χ2v) is 7.06. The summed E-state index contributed by atoms with van der Waals surface area (Å²) in [6, 6.07) is 19.8. The predicted molar refractivity (Wildman–Crippen MR) is 125 cm³/mol.